The minimum Gasteiger partial charge on any atom is -0.398 e. The maximum atomic E-state index is 12.7. The lowest BCUT2D eigenvalue weighted by atomic mass is 10.3. The van der Waals surface area contributed by atoms with Crippen LogP contribution in [0.1, 0.15) is 13.8 Å². The van der Waals surface area contributed by atoms with Crippen LogP contribution in [0.3, 0.4) is 0 Å². The van der Waals surface area contributed by atoms with E-state index < -0.39 is 14.9 Å². The third-order valence-electron chi connectivity index (χ3n) is 3.21. The van der Waals surface area contributed by atoms with Gasteiger partial charge in [0.1, 0.15) is 4.90 Å². The van der Waals surface area contributed by atoms with Crippen LogP contribution in [0.5, 0.6) is 0 Å². The summed E-state index contributed by atoms with van der Waals surface area (Å²) in [6.07, 6.45) is 0. The van der Waals surface area contributed by atoms with E-state index >= 15 is 0 Å². The van der Waals surface area contributed by atoms with Crippen molar-refractivity contribution in [3.63, 3.8) is 0 Å². The fourth-order valence-corrected chi connectivity index (χ4v) is 5.59. The fourth-order valence-electron chi connectivity index (χ4n) is 2.33. The topological polar surface area (TPSA) is 107 Å². The van der Waals surface area contributed by atoms with E-state index in [9.17, 15) is 18.5 Å². The smallest absolute Gasteiger partial charge is 0.270 e. The summed E-state index contributed by atoms with van der Waals surface area (Å²) in [5, 5.41) is 11.2. The zero-order valence-corrected chi connectivity index (χ0v) is 13.4. The van der Waals surface area contributed by atoms with Gasteiger partial charge in [-0.15, -0.1) is 0 Å². The molecule has 1 heterocycles. The van der Waals surface area contributed by atoms with E-state index in [0.717, 1.165) is 6.07 Å². The van der Waals surface area contributed by atoms with Gasteiger partial charge in [0.15, 0.2) is 0 Å². The molecule has 0 amide bonds. The highest BCUT2D eigenvalue weighted by atomic mass is 32.2. The number of anilines is 1. The van der Waals surface area contributed by atoms with Crippen LogP contribution in [-0.4, -0.2) is 41.2 Å². The summed E-state index contributed by atoms with van der Waals surface area (Å²) in [7, 11) is -3.82. The van der Waals surface area contributed by atoms with Gasteiger partial charge in [-0.2, -0.15) is 16.1 Å². The van der Waals surface area contributed by atoms with Gasteiger partial charge in [-0.05, 0) is 6.07 Å². The van der Waals surface area contributed by atoms with Gasteiger partial charge >= 0.3 is 0 Å². The predicted molar refractivity (Wildman–Crippen MR) is 82.8 cm³/mol. The summed E-state index contributed by atoms with van der Waals surface area (Å²) in [6.45, 7) is 4.66. The van der Waals surface area contributed by atoms with Gasteiger partial charge in [0.05, 0.1) is 10.6 Å². The van der Waals surface area contributed by atoms with Crippen LogP contribution < -0.4 is 5.73 Å². The molecule has 116 valence electrons. The second-order valence-electron chi connectivity index (χ2n) is 5.06. The molecule has 2 atom stereocenters. The number of benzene rings is 1. The Morgan fingerprint density at radius 3 is 2.43 bits per heavy atom. The van der Waals surface area contributed by atoms with Gasteiger partial charge in [0.25, 0.3) is 5.69 Å². The van der Waals surface area contributed by atoms with E-state index in [1.807, 2.05) is 13.8 Å². The molecule has 0 saturated carbocycles. The number of nitro groups is 1. The van der Waals surface area contributed by atoms with Crippen molar-refractivity contribution in [3.8, 4) is 0 Å². The van der Waals surface area contributed by atoms with Crippen LogP contribution in [0.4, 0.5) is 11.4 Å². The Bertz CT molecular complexity index is 652. The molecular weight excluding hydrogens is 314 g/mol. The second kappa shape index (κ2) is 5.82. The molecule has 1 aromatic rings. The van der Waals surface area contributed by atoms with E-state index in [2.05, 4.69) is 0 Å². The summed E-state index contributed by atoms with van der Waals surface area (Å²) in [5.41, 5.74) is 5.46. The molecule has 2 N–H and O–H groups in total. The van der Waals surface area contributed by atoms with Crippen molar-refractivity contribution in [1.82, 2.24) is 4.31 Å². The Labute approximate surface area is 127 Å². The van der Waals surface area contributed by atoms with Crippen molar-refractivity contribution < 1.29 is 13.3 Å². The summed E-state index contributed by atoms with van der Waals surface area (Å²) in [4.78, 5) is 10.0. The minimum absolute atomic E-state index is 0.0270. The number of rotatable bonds is 3. The van der Waals surface area contributed by atoms with Gasteiger partial charge in [0.2, 0.25) is 10.0 Å². The highest BCUT2D eigenvalue weighted by Gasteiger charge is 2.34. The van der Waals surface area contributed by atoms with Crippen LogP contribution in [0, 0.1) is 10.1 Å². The van der Waals surface area contributed by atoms with E-state index in [4.69, 9.17) is 5.73 Å². The third-order valence-corrected chi connectivity index (χ3v) is 6.33. The quantitative estimate of drug-likeness (QED) is 0.513. The molecular formula is C12H17N3O4S2. The summed E-state index contributed by atoms with van der Waals surface area (Å²) < 4.78 is 26.7. The maximum absolute atomic E-state index is 12.7. The zero-order valence-electron chi connectivity index (χ0n) is 11.7. The highest BCUT2D eigenvalue weighted by molar-refractivity contribution is 8.00. The largest absolute Gasteiger partial charge is 0.398 e. The summed E-state index contributed by atoms with van der Waals surface area (Å²) in [5.74, 6) is 0. The number of hydrogen-bond acceptors (Lipinski definition) is 6. The Morgan fingerprint density at radius 2 is 1.90 bits per heavy atom. The van der Waals surface area contributed by atoms with E-state index in [1.165, 1.54) is 16.4 Å². The first-order valence-electron chi connectivity index (χ1n) is 6.41. The number of nitro benzene ring substituents is 1. The lowest BCUT2D eigenvalue weighted by Gasteiger charge is -2.33. The van der Waals surface area contributed by atoms with Crippen LogP contribution in [0.25, 0.3) is 0 Å². The van der Waals surface area contributed by atoms with E-state index in [-0.39, 0.29) is 26.8 Å². The van der Waals surface area contributed by atoms with Crippen molar-refractivity contribution >= 4 is 33.2 Å². The van der Waals surface area contributed by atoms with Crippen molar-refractivity contribution in [2.75, 3.05) is 18.8 Å². The minimum atomic E-state index is -3.82. The lowest BCUT2D eigenvalue weighted by Crippen LogP contribution is -2.44. The Morgan fingerprint density at radius 1 is 1.33 bits per heavy atom. The molecule has 21 heavy (non-hydrogen) atoms. The number of nitrogens with zero attached hydrogens (tertiary/aromatic N) is 2. The Balaban J connectivity index is 2.44. The monoisotopic (exact) mass is 331 g/mol. The summed E-state index contributed by atoms with van der Waals surface area (Å²) in [6, 6.07) is 3.49. The third kappa shape index (κ3) is 3.30. The van der Waals surface area contributed by atoms with Gasteiger partial charge in [-0.25, -0.2) is 8.42 Å². The molecule has 2 unspecified atom stereocenters. The van der Waals surface area contributed by atoms with Gasteiger partial charge in [-0.1, -0.05) is 13.8 Å². The molecule has 0 bridgehead atoms. The van der Waals surface area contributed by atoms with Crippen LogP contribution in [-0.2, 0) is 10.0 Å². The van der Waals surface area contributed by atoms with E-state index in [0.29, 0.717) is 13.1 Å². The first-order chi connectivity index (χ1) is 9.71. The maximum Gasteiger partial charge on any atom is 0.270 e. The molecule has 0 aromatic heterocycles. The van der Waals surface area contributed by atoms with Gasteiger partial charge in [-0.3, -0.25) is 10.1 Å². The number of sulfonamides is 1. The molecule has 0 spiro atoms. The fraction of sp³-hybridized carbons (Fsp3) is 0.500. The highest BCUT2D eigenvalue weighted by Crippen LogP contribution is 2.32. The van der Waals surface area contributed by atoms with E-state index in [1.54, 1.807) is 11.8 Å². The van der Waals surface area contributed by atoms with Crippen molar-refractivity contribution in [2.24, 2.45) is 0 Å². The lowest BCUT2D eigenvalue weighted by molar-refractivity contribution is -0.385. The number of hydrogen-bond donors (Lipinski definition) is 1. The summed E-state index contributed by atoms with van der Waals surface area (Å²) >= 11 is 1.72. The average Bonchev–Trinajstić information content (AvgIpc) is 2.37. The molecule has 1 saturated heterocycles. The number of nitrogens with two attached hydrogens (primary N) is 1. The van der Waals surface area contributed by atoms with Crippen LogP contribution in [0.15, 0.2) is 23.1 Å². The number of non-ortho nitro benzene ring substituents is 1. The molecule has 0 aliphatic carbocycles. The molecule has 9 heteroatoms. The molecule has 7 nitrogen and oxygen atoms in total. The van der Waals surface area contributed by atoms with Crippen molar-refractivity contribution in [2.45, 2.75) is 29.2 Å². The molecule has 1 aliphatic rings. The first-order valence-corrected chi connectivity index (χ1v) is 8.79. The number of nitrogen functional groups attached to an aromatic ring is 1. The Hall–Kier alpha value is -1.32. The van der Waals surface area contributed by atoms with Gasteiger partial charge in [0, 0.05) is 35.7 Å². The first kappa shape index (κ1) is 16.1. The molecule has 1 aliphatic heterocycles. The number of thioether (sulfide) groups is 1. The average molecular weight is 331 g/mol. The normalized spacial score (nSPS) is 23.9. The SMILES string of the molecule is CC1CN(S(=O)(=O)c2cc([N+](=O)[O-])ccc2N)CC(C)S1. The Kier molecular flexibility index (Phi) is 4.45. The molecule has 1 aromatic carbocycles. The standard InChI is InChI=1S/C12H17N3O4S2/c1-8-6-14(7-9(2)20-8)21(18,19)12-5-10(15(16)17)3-4-11(12)13/h3-5,8-9H,6-7,13H2,1-2H3. The van der Waals surface area contributed by atoms with Crippen LogP contribution in [0.2, 0.25) is 0 Å². The zero-order chi connectivity index (χ0) is 15.8. The predicted octanol–water partition coefficient (Wildman–Crippen LogP) is 1.69. The molecule has 1 fully saturated rings. The van der Waals surface area contributed by atoms with Gasteiger partial charge < -0.3 is 5.73 Å². The van der Waals surface area contributed by atoms with Crippen molar-refractivity contribution in [3.05, 3.63) is 28.3 Å². The second-order valence-corrected chi connectivity index (χ2v) is 8.85. The van der Waals surface area contributed by atoms with Crippen LogP contribution >= 0.6 is 11.8 Å². The molecule has 0 radical (unpaired) electrons. The van der Waals surface area contributed by atoms with Crippen molar-refractivity contribution in [1.29, 1.82) is 0 Å². The molecule has 2 rings (SSSR count).